The average molecular weight is 324 g/mol. The van der Waals surface area contributed by atoms with Gasteiger partial charge in [-0.15, -0.1) is 0 Å². The lowest BCUT2D eigenvalue weighted by atomic mass is 10.1. The van der Waals surface area contributed by atoms with Crippen molar-refractivity contribution >= 4 is 28.3 Å². The van der Waals surface area contributed by atoms with E-state index in [1.807, 2.05) is 43.4 Å². The number of carbonyl (C=O) groups excluding carboxylic acids is 1. The van der Waals surface area contributed by atoms with Crippen LogP contribution >= 0.6 is 11.6 Å². The fourth-order valence-electron chi connectivity index (χ4n) is 2.64. The van der Waals surface area contributed by atoms with Crippen molar-refractivity contribution in [3.8, 4) is 0 Å². The molecule has 0 bridgehead atoms. The van der Waals surface area contributed by atoms with Crippen LogP contribution in [0.25, 0.3) is 10.8 Å². The van der Waals surface area contributed by atoms with Gasteiger partial charge < -0.3 is 4.90 Å². The second-order valence-electron chi connectivity index (χ2n) is 5.70. The highest BCUT2D eigenvalue weighted by Gasteiger charge is 2.12. The van der Waals surface area contributed by atoms with Crippen molar-refractivity contribution in [2.24, 2.45) is 0 Å². The minimum absolute atomic E-state index is 0.0614. The first-order chi connectivity index (χ1) is 11.1. The molecule has 0 aliphatic rings. The fraction of sp³-hybridized carbons (Fsp3) is 0.150. The third-order valence-corrected chi connectivity index (χ3v) is 4.33. The van der Waals surface area contributed by atoms with Crippen molar-refractivity contribution in [1.82, 2.24) is 4.90 Å². The number of fused-ring (bicyclic) bond motifs is 1. The van der Waals surface area contributed by atoms with Crippen LogP contribution in [0, 0.1) is 0 Å². The minimum atomic E-state index is 0.0614. The van der Waals surface area contributed by atoms with Gasteiger partial charge in [0.1, 0.15) is 0 Å². The summed E-state index contributed by atoms with van der Waals surface area (Å²) in [7, 11) is 1.83. The van der Waals surface area contributed by atoms with Crippen molar-refractivity contribution in [2.45, 2.75) is 13.0 Å². The summed E-state index contributed by atoms with van der Waals surface area (Å²) < 4.78 is 0. The predicted octanol–water partition coefficient (Wildman–Crippen LogP) is 4.69. The molecule has 0 unspecified atom stereocenters. The third-order valence-electron chi connectivity index (χ3n) is 3.96. The van der Waals surface area contributed by atoms with E-state index in [4.69, 9.17) is 11.6 Å². The van der Waals surface area contributed by atoms with Gasteiger partial charge in [0.15, 0.2) is 0 Å². The van der Waals surface area contributed by atoms with E-state index >= 15 is 0 Å². The molecule has 0 fully saturated rings. The summed E-state index contributed by atoms with van der Waals surface area (Å²) in [5, 5.41) is 3.04. The van der Waals surface area contributed by atoms with E-state index in [2.05, 4.69) is 30.3 Å². The fourth-order valence-corrected chi connectivity index (χ4v) is 2.84. The Morgan fingerprint density at radius 1 is 0.957 bits per heavy atom. The maximum Gasteiger partial charge on any atom is 0.227 e. The Kier molecular flexibility index (Phi) is 4.63. The molecule has 0 aliphatic heterocycles. The third kappa shape index (κ3) is 3.72. The summed E-state index contributed by atoms with van der Waals surface area (Å²) in [6, 6.07) is 22.0. The number of hydrogen-bond donors (Lipinski definition) is 0. The molecule has 1 amide bonds. The molecular weight excluding hydrogens is 306 g/mol. The highest BCUT2D eigenvalue weighted by Crippen LogP contribution is 2.18. The monoisotopic (exact) mass is 323 g/mol. The Hall–Kier alpha value is -2.32. The van der Waals surface area contributed by atoms with E-state index in [1.165, 1.54) is 10.8 Å². The molecule has 2 nitrogen and oxygen atoms in total. The first-order valence-corrected chi connectivity index (χ1v) is 7.96. The van der Waals surface area contributed by atoms with E-state index in [1.54, 1.807) is 4.90 Å². The molecule has 3 aromatic carbocycles. The lowest BCUT2D eigenvalue weighted by molar-refractivity contribution is -0.129. The highest BCUT2D eigenvalue weighted by molar-refractivity contribution is 6.31. The van der Waals surface area contributed by atoms with Crippen LogP contribution in [0.5, 0.6) is 0 Å². The summed E-state index contributed by atoms with van der Waals surface area (Å²) in [5.41, 5.74) is 1.99. The second-order valence-corrected chi connectivity index (χ2v) is 6.11. The largest absolute Gasteiger partial charge is 0.341 e. The summed E-state index contributed by atoms with van der Waals surface area (Å²) in [6.07, 6.45) is 0.323. The first kappa shape index (κ1) is 15.6. The number of hydrogen-bond acceptors (Lipinski definition) is 1. The number of amides is 1. The van der Waals surface area contributed by atoms with Gasteiger partial charge in [-0.2, -0.15) is 0 Å². The molecule has 3 rings (SSSR count). The normalized spacial score (nSPS) is 10.7. The molecule has 116 valence electrons. The van der Waals surface area contributed by atoms with Crippen LogP contribution in [0.3, 0.4) is 0 Å². The van der Waals surface area contributed by atoms with Crippen LogP contribution in [0.15, 0.2) is 66.7 Å². The number of benzene rings is 3. The number of likely N-dealkylation sites (N-methyl/N-ethyl adjacent to an activating group) is 1. The zero-order valence-electron chi connectivity index (χ0n) is 13.0. The molecule has 3 heteroatoms. The molecule has 0 aromatic heterocycles. The molecule has 3 aromatic rings. The van der Waals surface area contributed by atoms with E-state index in [9.17, 15) is 4.79 Å². The zero-order chi connectivity index (χ0) is 16.2. The van der Waals surface area contributed by atoms with Crippen LogP contribution in [0.4, 0.5) is 0 Å². The van der Waals surface area contributed by atoms with Crippen LogP contribution in [0.2, 0.25) is 5.02 Å². The zero-order valence-corrected chi connectivity index (χ0v) is 13.8. The smallest absolute Gasteiger partial charge is 0.227 e. The van der Waals surface area contributed by atoms with Crippen LogP contribution in [-0.4, -0.2) is 17.9 Å². The van der Waals surface area contributed by atoms with E-state index < -0.39 is 0 Å². The number of rotatable bonds is 4. The minimum Gasteiger partial charge on any atom is -0.341 e. The Labute approximate surface area is 141 Å². The Bertz CT molecular complexity index is 844. The van der Waals surface area contributed by atoms with Crippen LogP contribution < -0.4 is 0 Å². The van der Waals surface area contributed by atoms with Gasteiger partial charge in [0.2, 0.25) is 5.91 Å². The molecule has 0 saturated heterocycles. The molecule has 0 N–H and O–H groups in total. The molecule has 0 heterocycles. The summed E-state index contributed by atoms with van der Waals surface area (Å²) in [5.74, 6) is 0.0614. The Morgan fingerprint density at radius 2 is 1.65 bits per heavy atom. The van der Waals surface area contributed by atoms with Crippen molar-refractivity contribution in [3.05, 3.63) is 82.9 Å². The molecule has 23 heavy (non-hydrogen) atoms. The van der Waals surface area contributed by atoms with Gasteiger partial charge in [-0.3, -0.25) is 4.79 Å². The number of nitrogens with zero attached hydrogens (tertiary/aromatic N) is 1. The standard InChI is InChI=1S/C20H18ClNO/c1-22(20(23)13-18-8-4-5-9-19(18)21)14-15-10-11-16-6-2-3-7-17(16)12-15/h2-12H,13-14H2,1H3. The lowest BCUT2D eigenvalue weighted by Crippen LogP contribution is -2.27. The second kappa shape index (κ2) is 6.84. The van der Waals surface area contributed by atoms with Crippen molar-refractivity contribution in [3.63, 3.8) is 0 Å². The van der Waals surface area contributed by atoms with Gasteiger partial charge in [-0.25, -0.2) is 0 Å². The molecular formula is C20H18ClNO. The molecule has 0 atom stereocenters. The van der Waals surface area contributed by atoms with Crippen molar-refractivity contribution < 1.29 is 4.79 Å². The maximum atomic E-state index is 12.4. The van der Waals surface area contributed by atoms with Crippen LogP contribution in [0.1, 0.15) is 11.1 Å². The average Bonchev–Trinajstić information content (AvgIpc) is 2.56. The molecule has 0 aliphatic carbocycles. The van der Waals surface area contributed by atoms with Gasteiger partial charge in [-0.1, -0.05) is 66.2 Å². The predicted molar refractivity (Wildman–Crippen MR) is 95.6 cm³/mol. The Balaban J connectivity index is 1.71. The molecule has 0 radical (unpaired) electrons. The van der Waals surface area contributed by atoms with Crippen LogP contribution in [-0.2, 0) is 17.8 Å². The lowest BCUT2D eigenvalue weighted by Gasteiger charge is -2.18. The van der Waals surface area contributed by atoms with E-state index in [0.717, 1.165) is 11.1 Å². The maximum absolute atomic E-state index is 12.4. The van der Waals surface area contributed by atoms with E-state index in [0.29, 0.717) is 18.0 Å². The van der Waals surface area contributed by atoms with Crippen molar-refractivity contribution in [1.29, 1.82) is 0 Å². The topological polar surface area (TPSA) is 20.3 Å². The van der Waals surface area contributed by atoms with Gasteiger partial charge in [0.25, 0.3) is 0 Å². The van der Waals surface area contributed by atoms with E-state index in [-0.39, 0.29) is 5.91 Å². The molecule has 0 spiro atoms. The van der Waals surface area contributed by atoms with Crippen molar-refractivity contribution in [2.75, 3.05) is 7.05 Å². The summed E-state index contributed by atoms with van der Waals surface area (Å²) in [4.78, 5) is 14.1. The highest BCUT2D eigenvalue weighted by atomic mass is 35.5. The SMILES string of the molecule is CN(Cc1ccc2ccccc2c1)C(=O)Cc1ccccc1Cl. The Morgan fingerprint density at radius 3 is 2.43 bits per heavy atom. The summed E-state index contributed by atoms with van der Waals surface area (Å²) in [6.45, 7) is 0.591. The van der Waals surface area contributed by atoms with Gasteiger partial charge in [0.05, 0.1) is 6.42 Å². The first-order valence-electron chi connectivity index (χ1n) is 7.58. The quantitative estimate of drug-likeness (QED) is 0.682. The number of carbonyl (C=O) groups is 1. The molecule has 0 saturated carbocycles. The van der Waals surface area contributed by atoms with Gasteiger partial charge in [0, 0.05) is 18.6 Å². The summed E-state index contributed by atoms with van der Waals surface area (Å²) >= 11 is 6.13. The van der Waals surface area contributed by atoms with Gasteiger partial charge in [-0.05, 0) is 34.0 Å². The van der Waals surface area contributed by atoms with Gasteiger partial charge >= 0.3 is 0 Å². The number of halogens is 1.